The van der Waals surface area contributed by atoms with Crippen molar-refractivity contribution in [1.82, 2.24) is 0 Å². The Bertz CT molecular complexity index is 158. The molecule has 0 saturated carbocycles. The number of allylic oxidation sites excluding steroid dienone is 1. The van der Waals surface area contributed by atoms with E-state index >= 15 is 0 Å². The van der Waals surface area contributed by atoms with E-state index in [4.69, 9.17) is 0 Å². The van der Waals surface area contributed by atoms with Crippen LogP contribution in [0.25, 0.3) is 0 Å². The molecule has 0 fully saturated rings. The van der Waals surface area contributed by atoms with Gasteiger partial charge in [-0.05, 0) is 12.5 Å². The SMILES string of the molecule is C=C(C)/C=N\C(F)=N/C. The summed E-state index contributed by atoms with van der Waals surface area (Å²) in [4.78, 5) is 6.47. The second-order valence-electron chi connectivity index (χ2n) is 1.60. The van der Waals surface area contributed by atoms with E-state index in [1.54, 1.807) is 6.92 Å². The molecule has 9 heavy (non-hydrogen) atoms. The third kappa shape index (κ3) is 4.87. The van der Waals surface area contributed by atoms with Gasteiger partial charge in [0.2, 0.25) is 0 Å². The van der Waals surface area contributed by atoms with E-state index in [2.05, 4.69) is 16.6 Å². The van der Waals surface area contributed by atoms with Crippen molar-refractivity contribution < 1.29 is 4.39 Å². The molecule has 0 aliphatic carbocycles. The number of amidine groups is 1. The van der Waals surface area contributed by atoms with Crippen molar-refractivity contribution in [2.24, 2.45) is 9.98 Å². The van der Waals surface area contributed by atoms with Gasteiger partial charge in [0.1, 0.15) is 0 Å². The summed E-state index contributed by atoms with van der Waals surface area (Å²) in [5, 5.41) is 0. The first-order valence-corrected chi connectivity index (χ1v) is 2.48. The summed E-state index contributed by atoms with van der Waals surface area (Å²) in [6.07, 6.45) is 0.598. The van der Waals surface area contributed by atoms with Crippen LogP contribution in [0.2, 0.25) is 0 Å². The van der Waals surface area contributed by atoms with Crippen molar-refractivity contribution in [1.29, 1.82) is 0 Å². The van der Waals surface area contributed by atoms with Crippen LogP contribution in [0, 0.1) is 0 Å². The fourth-order valence-electron chi connectivity index (χ4n) is 0.221. The van der Waals surface area contributed by atoms with Gasteiger partial charge in [-0.3, -0.25) is 0 Å². The van der Waals surface area contributed by atoms with E-state index < -0.39 is 6.09 Å². The van der Waals surface area contributed by atoms with Crippen molar-refractivity contribution in [3.63, 3.8) is 0 Å². The zero-order valence-corrected chi connectivity index (χ0v) is 5.56. The van der Waals surface area contributed by atoms with Crippen LogP contribution in [-0.4, -0.2) is 19.4 Å². The smallest absolute Gasteiger partial charge is 0.244 e. The second-order valence-corrected chi connectivity index (χ2v) is 1.60. The summed E-state index contributed by atoms with van der Waals surface area (Å²) < 4.78 is 12.0. The summed E-state index contributed by atoms with van der Waals surface area (Å²) in [5.41, 5.74) is 0.703. The topological polar surface area (TPSA) is 24.7 Å². The van der Waals surface area contributed by atoms with E-state index in [9.17, 15) is 4.39 Å². The third-order valence-electron chi connectivity index (χ3n) is 0.576. The van der Waals surface area contributed by atoms with Crippen LogP contribution in [0.3, 0.4) is 0 Å². The summed E-state index contributed by atoms with van der Waals surface area (Å²) in [6.45, 7) is 5.22. The van der Waals surface area contributed by atoms with Gasteiger partial charge in [-0.1, -0.05) is 6.58 Å². The molecular formula is C6H9FN2. The largest absolute Gasteiger partial charge is 0.303 e. The van der Waals surface area contributed by atoms with E-state index in [0.717, 1.165) is 0 Å². The number of rotatable bonds is 1. The molecule has 0 aromatic rings. The molecule has 0 unspecified atom stereocenters. The van der Waals surface area contributed by atoms with Crippen LogP contribution < -0.4 is 0 Å². The van der Waals surface area contributed by atoms with Gasteiger partial charge in [0, 0.05) is 13.3 Å². The second kappa shape index (κ2) is 3.95. The third-order valence-corrected chi connectivity index (χ3v) is 0.576. The number of aliphatic imine (C=N–C) groups is 2. The molecule has 0 N–H and O–H groups in total. The summed E-state index contributed by atoms with van der Waals surface area (Å²) >= 11 is 0. The highest BCUT2D eigenvalue weighted by Crippen LogP contribution is 1.83. The predicted octanol–water partition coefficient (Wildman–Crippen LogP) is 1.59. The Morgan fingerprint density at radius 2 is 2.22 bits per heavy atom. The monoisotopic (exact) mass is 128 g/mol. The van der Waals surface area contributed by atoms with Crippen molar-refractivity contribution >= 4 is 12.3 Å². The summed E-state index contributed by atoms with van der Waals surface area (Å²) in [5.74, 6) is 0. The maximum atomic E-state index is 12.0. The number of nitrogens with zero attached hydrogens (tertiary/aromatic N) is 2. The van der Waals surface area contributed by atoms with Crippen LogP contribution >= 0.6 is 0 Å². The van der Waals surface area contributed by atoms with Crippen LogP contribution in [0.1, 0.15) is 6.92 Å². The first-order valence-electron chi connectivity index (χ1n) is 2.48. The van der Waals surface area contributed by atoms with Crippen LogP contribution in [0.15, 0.2) is 22.1 Å². The fourth-order valence-corrected chi connectivity index (χ4v) is 0.221. The molecule has 0 spiro atoms. The molecule has 0 atom stereocenters. The van der Waals surface area contributed by atoms with Crippen molar-refractivity contribution in [3.8, 4) is 0 Å². The van der Waals surface area contributed by atoms with E-state index in [1.807, 2.05) is 0 Å². The quantitative estimate of drug-likeness (QED) is 0.291. The Morgan fingerprint density at radius 1 is 1.67 bits per heavy atom. The highest BCUT2D eigenvalue weighted by molar-refractivity contribution is 5.89. The maximum Gasteiger partial charge on any atom is 0.303 e. The van der Waals surface area contributed by atoms with Gasteiger partial charge < -0.3 is 0 Å². The van der Waals surface area contributed by atoms with Crippen LogP contribution in [0.5, 0.6) is 0 Å². The molecule has 0 aromatic heterocycles. The Balaban J connectivity index is 3.86. The normalized spacial score (nSPS) is 12.6. The van der Waals surface area contributed by atoms with Crippen molar-refractivity contribution in [2.45, 2.75) is 6.92 Å². The van der Waals surface area contributed by atoms with Crippen molar-refractivity contribution in [3.05, 3.63) is 12.2 Å². The zero-order valence-electron chi connectivity index (χ0n) is 5.56. The van der Waals surface area contributed by atoms with Gasteiger partial charge >= 0.3 is 6.09 Å². The highest BCUT2D eigenvalue weighted by atomic mass is 19.1. The highest BCUT2D eigenvalue weighted by Gasteiger charge is 1.83. The molecule has 0 aliphatic heterocycles. The minimum atomic E-state index is -0.724. The average Bonchev–Trinajstić information content (AvgIpc) is 1.83. The standard InChI is InChI=1S/C6H9FN2/c1-5(2)4-9-6(7)8-3/h4H,1H2,2-3H3/b8-6-,9-4-. The van der Waals surface area contributed by atoms with Gasteiger partial charge in [-0.15, -0.1) is 0 Å². The van der Waals surface area contributed by atoms with Gasteiger partial charge in [0.15, 0.2) is 0 Å². The van der Waals surface area contributed by atoms with Crippen molar-refractivity contribution in [2.75, 3.05) is 7.05 Å². The molecule has 2 nitrogen and oxygen atoms in total. The lowest BCUT2D eigenvalue weighted by atomic mass is 10.4. The minimum absolute atomic E-state index is 0.703. The molecule has 0 aromatic carbocycles. The van der Waals surface area contributed by atoms with E-state index in [0.29, 0.717) is 5.57 Å². The Labute approximate surface area is 53.8 Å². The lowest BCUT2D eigenvalue weighted by Gasteiger charge is -1.82. The molecule has 0 amide bonds. The number of hydrogen-bond acceptors (Lipinski definition) is 1. The molecule has 0 aliphatic rings. The van der Waals surface area contributed by atoms with Gasteiger partial charge in [0.25, 0.3) is 0 Å². The molecule has 3 heteroatoms. The Kier molecular flexibility index (Phi) is 3.51. The molecule has 0 radical (unpaired) electrons. The van der Waals surface area contributed by atoms with E-state index in [1.165, 1.54) is 13.3 Å². The first kappa shape index (κ1) is 8.01. The molecule has 0 heterocycles. The van der Waals surface area contributed by atoms with Crippen LogP contribution in [-0.2, 0) is 0 Å². The lowest BCUT2D eigenvalue weighted by Crippen LogP contribution is -1.83. The molecular weight excluding hydrogens is 119 g/mol. The lowest BCUT2D eigenvalue weighted by molar-refractivity contribution is 0.787. The molecule has 0 rings (SSSR count). The maximum absolute atomic E-state index is 12.0. The number of hydrogen-bond donors (Lipinski definition) is 0. The zero-order chi connectivity index (χ0) is 7.28. The summed E-state index contributed by atoms with van der Waals surface area (Å²) in [7, 11) is 1.34. The van der Waals surface area contributed by atoms with Gasteiger partial charge in [-0.25, -0.2) is 9.98 Å². The molecule has 0 saturated heterocycles. The molecule has 0 bridgehead atoms. The Morgan fingerprint density at radius 3 is 2.56 bits per heavy atom. The molecule has 50 valence electrons. The summed E-state index contributed by atoms with van der Waals surface area (Å²) in [6, 6.07) is 0. The first-order chi connectivity index (χ1) is 4.16. The number of halogens is 1. The average molecular weight is 128 g/mol. The minimum Gasteiger partial charge on any atom is -0.244 e. The fraction of sp³-hybridized carbons (Fsp3) is 0.333. The predicted molar refractivity (Wildman–Crippen MR) is 37.8 cm³/mol. The van der Waals surface area contributed by atoms with Crippen LogP contribution in [0.4, 0.5) is 4.39 Å². The van der Waals surface area contributed by atoms with Gasteiger partial charge in [0.05, 0.1) is 0 Å². The Hall–Kier alpha value is -0.990. The van der Waals surface area contributed by atoms with E-state index in [-0.39, 0.29) is 0 Å². The van der Waals surface area contributed by atoms with Gasteiger partial charge in [-0.2, -0.15) is 4.39 Å².